The highest BCUT2D eigenvalue weighted by atomic mass is 19.4. The summed E-state index contributed by atoms with van der Waals surface area (Å²) in [4.78, 5) is 0. The van der Waals surface area contributed by atoms with Gasteiger partial charge in [-0.15, -0.1) is 0 Å². The largest absolute Gasteiger partial charge is 0.431 e. The van der Waals surface area contributed by atoms with Crippen molar-refractivity contribution in [2.24, 2.45) is 0 Å². The molecule has 9 heteroatoms. The zero-order valence-corrected chi connectivity index (χ0v) is 26.7. The summed E-state index contributed by atoms with van der Waals surface area (Å²) in [7, 11) is 0. The lowest BCUT2D eigenvalue weighted by Crippen LogP contribution is -2.53. The van der Waals surface area contributed by atoms with Gasteiger partial charge in [-0.25, -0.2) is 4.39 Å². The van der Waals surface area contributed by atoms with Crippen LogP contribution in [-0.2, 0) is 16.1 Å². The Bertz CT molecular complexity index is 680. The quantitative estimate of drug-likeness (QED) is 0.0951. The van der Waals surface area contributed by atoms with Crippen molar-refractivity contribution in [3.05, 3.63) is 35.9 Å². The summed E-state index contributed by atoms with van der Waals surface area (Å²) in [6, 6.07) is 10.1. The van der Waals surface area contributed by atoms with Crippen molar-refractivity contribution in [3.8, 4) is 0 Å². The van der Waals surface area contributed by atoms with Gasteiger partial charge in [0.25, 0.3) is 5.67 Å². The Morgan fingerprint density at radius 1 is 0.619 bits per heavy atom. The zero-order chi connectivity index (χ0) is 32.3. The average molecular weight is 619 g/mol. The molecule has 0 aliphatic carbocycles. The summed E-state index contributed by atoms with van der Waals surface area (Å²) >= 11 is 0. The van der Waals surface area contributed by atoms with Crippen LogP contribution in [0, 0.1) is 0 Å². The van der Waals surface area contributed by atoms with Crippen LogP contribution >= 0.6 is 0 Å². The summed E-state index contributed by atoms with van der Waals surface area (Å²) in [5.41, 5.74) is -3.95. The maximum atomic E-state index is 13.6. The first-order chi connectivity index (χ1) is 20.0. The van der Waals surface area contributed by atoms with Crippen molar-refractivity contribution in [2.75, 3.05) is 13.2 Å². The Balaban J connectivity index is 0. The smallest absolute Gasteiger partial charge is 0.379 e. The van der Waals surface area contributed by atoms with E-state index >= 15 is 0 Å². The number of alkyl halides is 7. The van der Waals surface area contributed by atoms with Crippen LogP contribution in [0.3, 0.4) is 0 Å². The van der Waals surface area contributed by atoms with Gasteiger partial charge < -0.3 is 9.47 Å². The Morgan fingerprint density at radius 3 is 1.48 bits per heavy atom. The molecule has 0 aromatic heterocycles. The molecule has 0 aliphatic heterocycles. The number of halogens is 7. The third-order valence-corrected chi connectivity index (χ3v) is 6.70. The molecule has 0 N–H and O–H groups in total. The molecular formula is C33H57F7O2. The number of ether oxygens (including phenoxy) is 2. The van der Waals surface area contributed by atoms with E-state index in [1.54, 1.807) is 0 Å². The molecule has 1 atom stereocenters. The first kappa shape index (κ1) is 42.8. The van der Waals surface area contributed by atoms with Gasteiger partial charge in [0.15, 0.2) is 0 Å². The van der Waals surface area contributed by atoms with Crippen molar-refractivity contribution in [3.63, 3.8) is 0 Å². The van der Waals surface area contributed by atoms with E-state index in [9.17, 15) is 30.7 Å². The molecule has 0 radical (unpaired) electrons. The summed E-state index contributed by atoms with van der Waals surface area (Å²) < 4.78 is 100. The van der Waals surface area contributed by atoms with Gasteiger partial charge in [0.1, 0.15) is 0 Å². The maximum absolute atomic E-state index is 13.6. The minimum Gasteiger partial charge on any atom is -0.379 e. The van der Waals surface area contributed by atoms with Gasteiger partial charge in [-0.3, -0.25) is 0 Å². The van der Waals surface area contributed by atoms with Gasteiger partial charge in [-0.05, 0) is 31.2 Å². The van der Waals surface area contributed by atoms with Crippen LogP contribution in [0.2, 0.25) is 0 Å². The minimum atomic E-state index is -5.94. The molecule has 0 saturated carbocycles. The van der Waals surface area contributed by atoms with Crippen LogP contribution in [0.15, 0.2) is 30.3 Å². The second-order valence-corrected chi connectivity index (χ2v) is 10.1. The molecule has 1 rings (SSSR count). The average Bonchev–Trinajstić information content (AvgIpc) is 2.97. The molecule has 2 nitrogen and oxygen atoms in total. The van der Waals surface area contributed by atoms with Crippen molar-refractivity contribution in [2.45, 2.75) is 162 Å². The second-order valence-electron chi connectivity index (χ2n) is 10.1. The fourth-order valence-corrected chi connectivity index (χ4v) is 4.32. The minimum absolute atomic E-state index is 0.109. The molecule has 1 aromatic carbocycles. The van der Waals surface area contributed by atoms with E-state index in [1.807, 2.05) is 45.9 Å². The van der Waals surface area contributed by atoms with E-state index in [4.69, 9.17) is 9.47 Å². The fourth-order valence-electron chi connectivity index (χ4n) is 4.32. The third kappa shape index (κ3) is 19.8. The number of unbranched alkanes of at least 4 members (excludes halogenated alkanes) is 11. The SMILES string of the molecule is CC.CC.CCCC(COCCCCCCCCCCCCCCC(F)(C(F)(F)F)C(F)(F)F)OCc1ccccc1. The van der Waals surface area contributed by atoms with Crippen LogP contribution in [0.1, 0.15) is 136 Å². The lowest BCUT2D eigenvalue weighted by atomic mass is 9.96. The maximum Gasteiger partial charge on any atom is 0.431 e. The Kier molecular flexibility index (Phi) is 26.6. The van der Waals surface area contributed by atoms with Gasteiger partial charge in [-0.2, -0.15) is 26.3 Å². The first-order valence-electron chi connectivity index (χ1n) is 16.1. The topological polar surface area (TPSA) is 18.5 Å². The number of benzene rings is 1. The molecule has 0 bridgehead atoms. The van der Waals surface area contributed by atoms with Gasteiger partial charge >= 0.3 is 12.4 Å². The van der Waals surface area contributed by atoms with Crippen LogP contribution in [-0.4, -0.2) is 37.3 Å². The second kappa shape index (κ2) is 26.1. The van der Waals surface area contributed by atoms with Crippen molar-refractivity contribution in [1.29, 1.82) is 0 Å². The lowest BCUT2D eigenvalue weighted by molar-refractivity contribution is -0.343. The lowest BCUT2D eigenvalue weighted by Gasteiger charge is -2.29. The van der Waals surface area contributed by atoms with Gasteiger partial charge in [-0.1, -0.05) is 136 Å². The molecule has 1 unspecified atom stereocenters. The molecule has 0 aliphatic rings. The normalized spacial score (nSPS) is 12.7. The fraction of sp³-hybridized carbons (Fsp3) is 0.818. The van der Waals surface area contributed by atoms with Gasteiger partial charge in [0.05, 0.1) is 19.3 Å². The molecule has 0 amide bonds. The molecule has 0 spiro atoms. The molecule has 0 saturated heterocycles. The Labute approximate surface area is 251 Å². The molecule has 0 fully saturated rings. The van der Waals surface area contributed by atoms with Gasteiger partial charge in [0, 0.05) is 6.61 Å². The van der Waals surface area contributed by atoms with Gasteiger partial charge in [0.2, 0.25) is 0 Å². The first-order valence-corrected chi connectivity index (χ1v) is 16.1. The highest BCUT2D eigenvalue weighted by Crippen LogP contribution is 2.49. The molecule has 250 valence electrons. The highest BCUT2D eigenvalue weighted by molar-refractivity contribution is 5.13. The van der Waals surface area contributed by atoms with Crippen molar-refractivity contribution in [1.82, 2.24) is 0 Å². The predicted octanol–water partition coefficient (Wildman–Crippen LogP) is 12.3. The molecule has 0 heterocycles. The predicted molar refractivity (Wildman–Crippen MR) is 159 cm³/mol. The highest BCUT2D eigenvalue weighted by Gasteiger charge is 2.71. The number of hydrogen-bond acceptors (Lipinski definition) is 2. The van der Waals surface area contributed by atoms with Crippen LogP contribution in [0.25, 0.3) is 0 Å². The third-order valence-electron chi connectivity index (χ3n) is 6.70. The Morgan fingerprint density at radius 2 is 1.05 bits per heavy atom. The Hall–Kier alpha value is -1.35. The van der Waals surface area contributed by atoms with Crippen molar-refractivity contribution >= 4 is 0 Å². The standard InChI is InChI=1S/C29H45F7O2.2C2H6/c1-2-18-26(38-23-25-19-14-13-15-20-25)24-37-22-17-12-10-8-6-4-3-5-7-9-11-16-21-27(30,28(31,32)33)29(34,35)36;2*1-2/h13-15,19-20,26H,2-12,16-18,21-24H2,1H3;2*1-2H3. The number of rotatable bonds is 22. The van der Waals surface area contributed by atoms with Crippen LogP contribution < -0.4 is 0 Å². The summed E-state index contributed by atoms with van der Waals surface area (Å²) in [5, 5.41) is 0. The molecular weight excluding hydrogens is 561 g/mol. The molecule has 42 heavy (non-hydrogen) atoms. The van der Waals surface area contributed by atoms with E-state index in [2.05, 4.69) is 19.1 Å². The summed E-state index contributed by atoms with van der Waals surface area (Å²) in [6.45, 7) is 12.1. The summed E-state index contributed by atoms with van der Waals surface area (Å²) in [6.07, 6.45) is -1.89. The summed E-state index contributed by atoms with van der Waals surface area (Å²) in [5.74, 6) is 0. The van der Waals surface area contributed by atoms with Crippen LogP contribution in [0.5, 0.6) is 0 Å². The molecule has 1 aromatic rings. The number of hydrogen-bond donors (Lipinski definition) is 0. The van der Waals surface area contributed by atoms with E-state index < -0.39 is 30.9 Å². The van der Waals surface area contributed by atoms with Crippen molar-refractivity contribution < 1.29 is 40.2 Å². The van der Waals surface area contributed by atoms with Crippen LogP contribution in [0.4, 0.5) is 30.7 Å². The monoisotopic (exact) mass is 618 g/mol. The van der Waals surface area contributed by atoms with E-state index in [1.165, 1.54) is 0 Å². The van der Waals surface area contributed by atoms with E-state index in [0.29, 0.717) is 19.6 Å². The zero-order valence-electron chi connectivity index (χ0n) is 26.7. The van der Waals surface area contributed by atoms with E-state index in [0.717, 1.165) is 82.8 Å². The van der Waals surface area contributed by atoms with E-state index in [-0.39, 0.29) is 12.5 Å².